The molecule has 2 aromatic rings. The summed E-state index contributed by atoms with van der Waals surface area (Å²) in [7, 11) is 0. The van der Waals surface area contributed by atoms with Gasteiger partial charge in [0.25, 0.3) is 0 Å². The Hall–Kier alpha value is -1.89. The van der Waals surface area contributed by atoms with Crippen LogP contribution >= 0.6 is 15.9 Å². The van der Waals surface area contributed by atoms with E-state index in [0.29, 0.717) is 11.6 Å². The molecular formula is C9H8BrN5O. The third kappa shape index (κ3) is 1.89. The molecule has 6 nitrogen and oxygen atoms in total. The second-order valence-corrected chi connectivity index (χ2v) is 3.87. The zero-order valence-electron chi connectivity index (χ0n) is 8.08. The molecule has 0 unspecified atom stereocenters. The van der Waals surface area contributed by atoms with Gasteiger partial charge >= 0.3 is 0 Å². The molecule has 0 radical (unpaired) electrons. The zero-order chi connectivity index (χ0) is 11.5. The first-order chi connectivity index (χ1) is 7.72. The van der Waals surface area contributed by atoms with Crippen LogP contribution in [0.1, 0.15) is 5.69 Å². The minimum absolute atomic E-state index is 0.0107. The highest BCUT2D eigenvalue weighted by Gasteiger charge is 2.08. The first-order valence-corrected chi connectivity index (χ1v) is 5.15. The van der Waals surface area contributed by atoms with Gasteiger partial charge < -0.3 is 10.9 Å². The van der Waals surface area contributed by atoms with Gasteiger partial charge in [0.2, 0.25) is 5.95 Å². The van der Waals surface area contributed by atoms with E-state index in [1.807, 2.05) is 0 Å². The van der Waals surface area contributed by atoms with Crippen molar-refractivity contribution in [3.8, 4) is 5.95 Å². The van der Waals surface area contributed by atoms with Crippen LogP contribution in [0.3, 0.4) is 0 Å². The maximum atomic E-state index is 8.62. The van der Waals surface area contributed by atoms with Gasteiger partial charge in [-0.05, 0) is 28.1 Å². The topological polar surface area (TPSA) is 89.3 Å². The van der Waals surface area contributed by atoms with E-state index in [-0.39, 0.29) is 5.84 Å². The van der Waals surface area contributed by atoms with E-state index < -0.39 is 0 Å². The number of oxime groups is 1. The van der Waals surface area contributed by atoms with E-state index in [1.54, 1.807) is 35.3 Å². The minimum Gasteiger partial charge on any atom is -0.409 e. The lowest BCUT2D eigenvalue weighted by Crippen LogP contribution is -2.18. The molecule has 0 aromatic carbocycles. The summed E-state index contributed by atoms with van der Waals surface area (Å²) in [6.07, 6.45) is 4.98. The van der Waals surface area contributed by atoms with Gasteiger partial charge in [-0.25, -0.2) is 9.97 Å². The number of amidine groups is 1. The minimum atomic E-state index is 0.0107. The smallest absolute Gasteiger partial charge is 0.234 e. The molecule has 2 heterocycles. The lowest BCUT2D eigenvalue weighted by molar-refractivity contribution is 0.318. The van der Waals surface area contributed by atoms with E-state index in [0.717, 1.165) is 4.47 Å². The van der Waals surface area contributed by atoms with Gasteiger partial charge in [0.05, 0.1) is 10.2 Å². The average Bonchev–Trinajstić information content (AvgIpc) is 2.78. The summed E-state index contributed by atoms with van der Waals surface area (Å²) in [6.45, 7) is 0. The van der Waals surface area contributed by atoms with Gasteiger partial charge in [0.1, 0.15) is 0 Å². The first-order valence-electron chi connectivity index (χ1n) is 4.35. The van der Waals surface area contributed by atoms with Crippen LogP contribution in [0.15, 0.2) is 40.4 Å². The van der Waals surface area contributed by atoms with E-state index in [4.69, 9.17) is 10.9 Å². The van der Waals surface area contributed by atoms with Gasteiger partial charge in [-0.2, -0.15) is 0 Å². The Morgan fingerprint density at radius 3 is 2.75 bits per heavy atom. The van der Waals surface area contributed by atoms with Crippen molar-refractivity contribution in [1.29, 1.82) is 0 Å². The van der Waals surface area contributed by atoms with E-state index >= 15 is 0 Å². The number of hydrogen-bond acceptors (Lipinski definition) is 4. The van der Waals surface area contributed by atoms with E-state index in [1.165, 1.54) is 0 Å². The van der Waals surface area contributed by atoms with E-state index in [9.17, 15) is 0 Å². The van der Waals surface area contributed by atoms with Crippen molar-refractivity contribution in [2.45, 2.75) is 0 Å². The fraction of sp³-hybridized carbons (Fsp3) is 0. The largest absolute Gasteiger partial charge is 0.409 e. The molecule has 0 fully saturated rings. The van der Waals surface area contributed by atoms with Gasteiger partial charge in [0.15, 0.2) is 5.84 Å². The van der Waals surface area contributed by atoms with E-state index in [2.05, 4.69) is 31.1 Å². The van der Waals surface area contributed by atoms with Crippen molar-refractivity contribution in [2.24, 2.45) is 10.9 Å². The molecule has 16 heavy (non-hydrogen) atoms. The average molecular weight is 282 g/mol. The quantitative estimate of drug-likeness (QED) is 0.374. The summed E-state index contributed by atoms with van der Waals surface area (Å²) in [5.41, 5.74) is 6.05. The summed E-state index contributed by atoms with van der Waals surface area (Å²) in [4.78, 5) is 8.22. The van der Waals surface area contributed by atoms with Gasteiger partial charge in [0, 0.05) is 18.6 Å². The molecular weight excluding hydrogens is 274 g/mol. The summed E-state index contributed by atoms with van der Waals surface area (Å²) in [6, 6.07) is 3.47. The Morgan fingerprint density at radius 2 is 2.12 bits per heavy atom. The van der Waals surface area contributed by atoms with Crippen molar-refractivity contribution < 1.29 is 5.21 Å². The molecule has 0 amide bonds. The van der Waals surface area contributed by atoms with Crippen molar-refractivity contribution in [3.05, 3.63) is 40.9 Å². The molecule has 0 saturated heterocycles. The van der Waals surface area contributed by atoms with Crippen LogP contribution in [-0.2, 0) is 0 Å². The number of nitrogens with two attached hydrogens (primary N) is 1. The highest BCUT2D eigenvalue weighted by molar-refractivity contribution is 9.10. The van der Waals surface area contributed by atoms with Crippen LogP contribution in [0.25, 0.3) is 5.95 Å². The molecule has 7 heteroatoms. The maximum absolute atomic E-state index is 8.62. The number of hydrogen-bond donors (Lipinski definition) is 2. The Bertz CT molecular complexity index is 519. The third-order valence-corrected chi connectivity index (χ3v) is 2.35. The fourth-order valence-electron chi connectivity index (χ4n) is 1.25. The highest BCUT2D eigenvalue weighted by Crippen LogP contribution is 2.10. The predicted molar refractivity (Wildman–Crippen MR) is 61.6 cm³/mol. The standard InChI is InChI=1S/C9H8BrN5O/c10-6-4-12-9(13-5-6)15-3-1-2-7(15)8(11)14-16/h1-5,16H,(H2,11,14). The Labute approximate surface area is 99.6 Å². The fourth-order valence-corrected chi connectivity index (χ4v) is 1.45. The van der Waals surface area contributed by atoms with Crippen LogP contribution in [-0.4, -0.2) is 25.6 Å². The maximum Gasteiger partial charge on any atom is 0.234 e. The first kappa shape index (κ1) is 10.6. The van der Waals surface area contributed by atoms with Crippen LogP contribution in [0.2, 0.25) is 0 Å². The summed E-state index contributed by atoms with van der Waals surface area (Å²) >= 11 is 3.25. The monoisotopic (exact) mass is 281 g/mol. The van der Waals surface area contributed by atoms with Crippen LogP contribution in [0, 0.1) is 0 Å². The zero-order valence-corrected chi connectivity index (χ0v) is 9.66. The number of halogens is 1. The highest BCUT2D eigenvalue weighted by atomic mass is 79.9. The SMILES string of the molecule is N/C(=N/O)c1cccn1-c1ncc(Br)cn1. The second kappa shape index (κ2) is 4.31. The van der Waals surface area contributed by atoms with Crippen molar-refractivity contribution >= 4 is 21.8 Å². The van der Waals surface area contributed by atoms with Crippen LogP contribution in [0.5, 0.6) is 0 Å². The molecule has 0 aliphatic rings. The van der Waals surface area contributed by atoms with Gasteiger partial charge in [-0.15, -0.1) is 0 Å². The molecule has 0 aliphatic heterocycles. The van der Waals surface area contributed by atoms with Crippen molar-refractivity contribution in [2.75, 3.05) is 0 Å². The molecule has 0 spiro atoms. The number of nitrogens with zero attached hydrogens (tertiary/aromatic N) is 4. The molecule has 0 atom stereocenters. The van der Waals surface area contributed by atoms with Crippen LogP contribution < -0.4 is 5.73 Å². The lowest BCUT2D eigenvalue weighted by Gasteiger charge is -2.05. The summed E-state index contributed by atoms with van der Waals surface area (Å²) in [5.74, 6) is 0.464. The number of rotatable bonds is 2. The Kier molecular flexibility index (Phi) is 2.86. The van der Waals surface area contributed by atoms with Crippen LogP contribution in [0.4, 0.5) is 0 Å². The molecule has 82 valence electrons. The number of aromatic nitrogens is 3. The summed E-state index contributed by atoms with van der Waals surface area (Å²) in [5, 5.41) is 11.6. The normalized spacial score (nSPS) is 11.7. The Morgan fingerprint density at radius 1 is 1.44 bits per heavy atom. The molecule has 0 bridgehead atoms. The lowest BCUT2D eigenvalue weighted by atomic mass is 10.4. The van der Waals surface area contributed by atoms with Gasteiger partial charge in [-0.1, -0.05) is 5.16 Å². The summed E-state index contributed by atoms with van der Waals surface area (Å²) < 4.78 is 2.41. The predicted octanol–water partition coefficient (Wildman–Crippen LogP) is 1.12. The Balaban J connectivity index is 2.49. The van der Waals surface area contributed by atoms with Crippen molar-refractivity contribution in [1.82, 2.24) is 14.5 Å². The molecule has 2 rings (SSSR count). The van der Waals surface area contributed by atoms with Crippen molar-refractivity contribution in [3.63, 3.8) is 0 Å². The second-order valence-electron chi connectivity index (χ2n) is 2.95. The van der Waals surface area contributed by atoms with Gasteiger partial charge in [-0.3, -0.25) is 4.57 Å². The molecule has 0 saturated carbocycles. The molecule has 3 N–H and O–H groups in total. The third-order valence-electron chi connectivity index (χ3n) is 1.94. The molecule has 2 aromatic heterocycles. The molecule has 0 aliphatic carbocycles.